The maximum atomic E-state index is 5.42. The molecular formula is C19H15N3OS. The molecule has 24 heavy (non-hydrogen) atoms. The molecule has 0 spiro atoms. The number of methoxy groups -OCH3 is 1. The second kappa shape index (κ2) is 6.29. The van der Waals surface area contributed by atoms with Gasteiger partial charge in [-0.15, -0.1) is 11.3 Å². The number of benzene rings is 2. The summed E-state index contributed by atoms with van der Waals surface area (Å²) in [4.78, 5) is 9.83. The van der Waals surface area contributed by atoms with E-state index >= 15 is 0 Å². The fraction of sp³-hybridized carbons (Fsp3) is 0.0526. The third-order valence-electron chi connectivity index (χ3n) is 3.82. The van der Waals surface area contributed by atoms with Crippen LogP contribution in [0.1, 0.15) is 0 Å². The van der Waals surface area contributed by atoms with Crippen LogP contribution in [0.2, 0.25) is 0 Å². The third kappa shape index (κ3) is 2.59. The van der Waals surface area contributed by atoms with E-state index in [1.54, 1.807) is 24.8 Å². The van der Waals surface area contributed by atoms with E-state index in [-0.39, 0.29) is 0 Å². The van der Waals surface area contributed by atoms with Crippen LogP contribution in [0.15, 0.2) is 66.3 Å². The minimum Gasteiger partial charge on any atom is -0.495 e. The lowest BCUT2D eigenvalue weighted by atomic mass is 10.1. The van der Waals surface area contributed by atoms with E-state index in [2.05, 4.69) is 32.8 Å². The van der Waals surface area contributed by atoms with Gasteiger partial charge in [0.05, 0.1) is 18.2 Å². The van der Waals surface area contributed by atoms with Crippen molar-refractivity contribution in [2.75, 3.05) is 12.4 Å². The molecule has 4 rings (SSSR count). The van der Waals surface area contributed by atoms with Gasteiger partial charge < -0.3 is 10.1 Å². The van der Waals surface area contributed by atoms with Crippen molar-refractivity contribution < 1.29 is 4.74 Å². The van der Waals surface area contributed by atoms with Gasteiger partial charge in [0.2, 0.25) is 0 Å². The fourth-order valence-electron chi connectivity index (χ4n) is 2.68. The summed E-state index contributed by atoms with van der Waals surface area (Å²) in [7, 11) is 1.66. The van der Waals surface area contributed by atoms with Crippen LogP contribution in [0.3, 0.4) is 0 Å². The Morgan fingerprint density at radius 3 is 2.58 bits per heavy atom. The fourth-order valence-corrected chi connectivity index (χ4v) is 3.59. The maximum absolute atomic E-state index is 5.42. The smallest absolute Gasteiger partial charge is 0.143 e. The molecule has 2 heterocycles. The van der Waals surface area contributed by atoms with Gasteiger partial charge in [-0.05, 0) is 17.7 Å². The standard InChI is InChI=1S/C19H15N3OS/c1-23-16-10-6-5-9-15(16)22-18-17-14(13-7-3-2-4-8-13)11-24-19(17)21-12-20-18/h2-12H,1H3,(H,20,21,22). The molecule has 0 fully saturated rings. The summed E-state index contributed by atoms with van der Waals surface area (Å²) in [6.07, 6.45) is 1.59. The van der Waals surface area contributed by atoms with Crippen LogP contribution >= 0.6 is 11.3 Å². The lowest BCUT2D eigenvalue weighted by Crippen LogP contribution is -1.97. The number of aromatic nitrogens is 2. The Bertz CT molecular complexity index is 982. The molecule has 0 aliphatic heterocycles. The predicted molar refractivity (Wildman–Crippen MR) is 99.1 cm³/mol. The monoisotopic (exact) mass is 333 g/mol. The SMILES string of the molecule is COc1ccccc1Nc1ncnc2scc(-c3ccccc3)c12. The van der Waals surface area contributed by atoms with E-state index in [0.29, 0.717) is 0 Å². The molecule has 0 saturated carbocycles. The molecular weight excluding hydrogens is 318 g/mol. The summed E-state index contributed by atoms with van der Waals surface area (Å²) in [5.41, 5.74) is 3.17. The number of hydrogen-bond acceptors (Lipinski definition) is 5. The van der Waals surface area contributed by atoms with E-state index < -0.39 is 0 Å². The largest absolute Gasteiger partial charge is 0.495 e. The number of rotatable bonds is 4. The topological polar surface area (TPSA) is 47.0 Å². The number of thiophene rings is 1. The van der Waals surface area contributed by atoms with Crippen molar-refractivity contribution in [3.8, 4) is 16.9 Å². The second-order valence-electron chi connectivity index (χ2n) is 5.24. The van der Waals surface area contributed by atoms with Gasteiger partial charge in [-0.3, -0.25) is 0 Å². The number of nitrogens with one attached hydrogen (secondary N) is 1. The average molecular weight is 333 g/mol. The lowest BCUT2D eigenvalue weighted by Gasteiger charge is -2.11. The molecule has 4 nitrogen and oxygen atoms in total. The molecule has 0 aliphatic rings. The van der Waals surface area contributed by atoms with Crippen molar-refractivity contribution in [2.45, 2.75) is 0 Å². The second-order valence-corrected chi connectivity index (χ2v) is 6.10. The molecule has 0 unspecified atom stereocenters. The van der Waals surface area contributed by atoms with Gasteiger partial charge in [0.15, 0.2) is 0 Å². The molecule has 2 aromatic carbocycles. The van der Waals surface area contributed by atoms with Gasteiger partial charge in [0, 0.05) is 10.9 Å². The van der Waals surface area contributed by atoms with Crippen LogP contribution in [0, 0.1) is 0 Å². The van der Waals surface area contributed by atoms with Gasteiger partial charge >= 0.3 is 0 Å². The number of hydrogen-bond donors (Lipinski definition) is 1. The quantitative estimate of drug-likeness (QED) is 0.564. The molecule has 0 saturated heterocycles. The summed E-state index contributed by atoms with van der Waals surface area (Å²) in [6, 6.07) is 18.1. The highest BCUT2D eigenvalue weighted by Gasteiger charge is 2.14. The molecule has 0 radical (unpaired) electrons. The zero-order valence-corrected chi connectivity index (χ0v) is 13.9. The summed E-state index contributed by atoms with van der Waals surface area (Å²) in [5, 5.41) is 6.55. The Labute approximate surface area is 143 Å². The van der Waals surface area contributed by atoms with E-state index in [0.717, 1.165) is 38.6 Å². The van der Waals surface area contributed by atoms with E-state index in [1.807, 2.05) is 42.5 Å². The molecule has 2 aromatic heterocycles. The first-order chi connectivity index (χ1) is 11.9. The Morgan fingerprint density at radius 1 is 0.958 bits per heavy atom. The number of anilines is 2. The van der Waals surface area contributed by atoms with Gasteiger partial charge in [-0.2, -0.15) is 0 Å². The van der Waals surface area contributed by atoms with Crippen molar-refractivity contribution in [3.63, 3.8) is 0 Å². The van der Waals surface area contributed by atoms with Crippen LogP contribution in [0.5, 0.6) is 5.75 Å². The Kier molecular flexibility index (Phi) is 3.84. The average Bonchev–Trinajstić information content (AvgIpc) is 3.08. The summed E-state index contributed by atoms with van der Waals surface area (Å²) in [6.45, 7) is 0. The number of fused-ring (bicyclic) bond motifs is 1. The summed E-state index contributed by atoms with van der Waals surface area (Å²) >= 11 is 1.62. The molecule has 1 N–H and O–H groups in total. The molecule has 5 heteroatoms. The van der Waals surface area contributed by atoms with Crippen molar-refractivity contribution in [2.24, 2.45) is 0 Å². The van der Waals surface area contributed by atoms with Crippen molar-refractivity contribution in [1.29, 1.82) is 0 Å². The first-order valence-electron chi connectivity index (χ1n) is 7.54. The zero-order valence-electron chi connectivity index (χ0n) is 13.1. The highest BCUT2D eigenvalue weighted by molar-refractivity contribution is 7.17. The molecule has 0 amide bonds. The van der Waals surface area contributed by atoms with Gasteiger partial charge in [-0.25, -0.2) is 9.97 Å². The number of para-hydroxylation sites is 2. The van der Waals surface area contributed by atoms with Crippen LogP contribution in [-0.4, -0.2) is 17.1 Å². The lowest BCUT2D eigenvalue weighted by molar-refractivity contribution is 0.417. The van der Waals surface area contributed by atoms with Crippen LogP contribution in [0.4, 0.5) is 11.5 Å². The van der Waals surface area contributed by atoms with Crippen LogP contribution in [0.25, 0.3) is 21.3 Å². The van der Waals surface area contributed by atoms with Crippen LogP contribution in [-0.2, 0) is 0 Å². The first-order valence-corrected chi connectivity index (χ1v) is 8.42. The highest BCUT2D eigenvalue weighted by Crippen LogP contribution is 2.38. The molecule has 118 valence electrons. The van der Waals surface area contributed by atoms with Gasteiger partial charge in [-0.1, -0.05) is 42.5 Å². The van der Waals surface area contributed by atoms with Gasteiger partial charge in [0.25, 0.3) is 0 Å². The Balaban J connectivity index is 1.86. The van der Waals surface area contributed by atoms with E-state index in [9.17, 15) is 0 Å². The molecule has 0 atom stereocenters. The molecule has 0 bridgehead atoms. The number of nitrogens with zero attached hydrogens (tertiary/aromatic N) is 2. The first kappa shape index (κ1) is 14.7. The third-order valence-corrected chi connectivity index (χ3v) is 4.70. The minimum atomic E-state index is 0.778. The van der Waals surface area contributed by atoms with Crippen molar-refractivity contribution in [1.82, 2.24) is 9.97 Å². The normalized spacial score (nSPS) is 10.7. The van der Waals surface area contributed by atoms with Crippen LogP contribution < -0.4 is 10.1 Å². The van der Waals surface area contributed by atoms with E-state index in [1.165, 1.54) is 0 Å². The minimum absolute atomic E-state index is 0.778. The van der Waals surface area contributed by atoms with Crippen molar-refractivity contribution >= 4 is 33.1 Å². The zero-order chi connectivity index (χ0) is 16.4. The highest BCUT2D eigenvalue weighted by atomic mass is 32.1. The summed E-state index contributed by atoms with van der Waals surface area (Å²) < 4.78 is 5.42. The number of ether oxygens (including phenoxy) is 1. The predicted octanol–water partition coefficient (Wildman–Crippen LogP) is 5.11. The van der Waals surface area contributed by atoms with Gasteiger partial charge in [0.1, 0.15) is 22.7 Å². The Hall–Kier alpha value is -2.92. The van der Waals surface area contributed by atoms with Crippen molar-refractivity contribution in [3.05, 3.63) is 66.3 Å². The maximum Gasteiger partial charge on any atom is 0.143 e. The molecule has 0 aliphatic carbocycles. The van der Waals surface area contributed by atoms with E-state index in [4.69, 9.17) is 4.74 Å². The summed E-state index contributed by atoms with van der Waals surface area (Å²) in [5.74, 6) is 1.56. The Morgan fingerprint density at radius 2 is 1.75 bits per heavy atom. The molecule has 4 aromatic rings.